The summed E-state index contributed by atoms with van der Waals surface area (Å²) >= 11 is 0. The predicted octanol–water partition coefficient (Wildman–Crippen LogP) is 11.5. The monoisotopic (exact) mass is 837 g/mol. The summed E-state index contributed by atoms with van der Waals surface area (Å²) in [6.07, 6.45) is 5.67. The maximum absolute atomic E-state index is 14.2. The van der Waals surface area contributed by atoms with Crippen molar-refractivity contribution in [3.63, 3.8) is 0 Å². The second-order valence-electron chi connectivity index (χ2n) is 16.1. The number of hydrogen-bond acceptors (Lipinski definition) is 6. The molecule has 8 nitrogen and oxygen atoms in total. The van der Waals surface area contributed by atoms with Crippen LogP contribution >= 0.6 is 0 Å². The van der Waals surface area contributed by atoms with Gasteiger partial charge in [-0.05, 0) is 120 Å². The van der Waals surface area contributed by atoms with Gasteiger partial charge < -0.3 is 29.4 Å². The fourth-order valence-corrected chi connectivity index (χ4v) is 8.29. The summed E-state index contributed by atoms with van der Waals surface area (Å²) in [5.74, 6) is 1.22. The molecule has 8 aromatic rings. The van der Waals surface area contributed by atoms with Crippen LogP contribution in [0.2, 0.25) is 0 Å². The topological polar surface area (TPSA) is 93.0 Å². The van der Waals surface area contributed by atoms with E-state index in [-0.39, 0.29) is 11.8 Å². The third-order valence-electron chi connectivity index (χ3n) is 11.7. The van der Waals surface area contributed by atoms with E-state index in [2.05, 4.69) is 96.4 Å². The Morgan fingerprint density at radius 2 is 1.38 bits per heavy atom. The van der Waals surface area contributed by atoms with E-state index in [4.69, 9.17) is 13.9 Å². The first kappa shape index (κ1) is 42.8. The smallest absolute Gasteiger partial charge is 0.254 e. The lowest BCUT2D eigenvalue weighted by Gasteiger charge is -2.24. The zero-order valence-corrected chi connectivity index (χ0v) is 36.2. The lowest BCUT2D eigenvalue weighted by molar-refractivity contribution is -0.121. The minimum Gasteiger partial charge on any atom is -0.496 e. The molecule has 0 unspecified atom stereocenters. The average Bonchev–Trinajstić information content (AvgIpc) is 3.76. The molecule has 0 spiro atoms. The lowest BCUT2D eigenvalue weighted by Crippen LogP contribution is -2.30. The Labute approximate surface area is 369 Å². The van der Waals surface area contributed by atoms with Crippen molar-refractivity contribution in [1.82, 2.24) is 15.5 Å². The van der Waals surface area contributed by atoms with Crippen LogP contribution in [-0.4, -0.2) is 50.1 Å². The number of benzene rings is 7. The number of rotatable bonds is 20. The van der Waals surface area contributed by atoms with Crippen molar-refractivity contribution in [1.29, 1.82) is 0 Å². The highest BCUT2D eigenvalue weighted by Crippen LogP contribution is 2.32. The van der Waals surface area contributed by atoms with Crippen molar-refractivity contribution in [2.45, 2.75) is 52.1 Å². The van der Waals surface area contributed by atoms with Gasteiger partial charge in [-0.25, -0.2) is 0 Å². The highest BCUT2D eigenvalue weighted by atomic mass is 16.5. The van der Waals surface area contributed by atoms with Crippen molar-refractivity contribution < 1.29 is 23.5 Å². The first-order valence-corrected chi connectivity index (χ1v) is 22.0. The number of furan rings is 1. The Balaban J connectivity index is 0.783. The maximum Gasteiger partial charge on any atom is 0.254 e. The van der Waals surface area contributed by atoms with Crippen LogP contribution < -0.4 is 20.1 Å². The van der Waals surface area contributed by atoms with Gasteiger partial charge in [0, 0.05) is 54.2 Å². The molecule has 1 aromatic heterocycles. The molecule has 0 aliphatic carbocycles. The lowest BCUT2D eigenvalue weighted by atomic mass is 9.94. The van der Waals surface area contributed by atoms with Gasteiger partial charge in [0.05, 0.1) is 20.0 Å². The van der Waals surface area contributed by atoms with E-state index in [9.17, 15) is 9.59 Å². The summed E-state index contributed by atoms with van der Waals surface area (Å²) in [6.45, 7) is 5.63. The molecule has 7 aromatic carbocycles. The summed E-state index contributed by atoms with van der Waals surface area (Å²) in [5, 5.41) is 12.9. The molecule has 8 heteroatoms. The standard InChI is InChI=1S/C55H55N3O5/c1-39-20-22-40(23-21-39)36-58(55(60)42-26-24-41(25-27-42)51-38-63-52-18-8-7-16-50(51)52)37-45-28-29-46(35-53(45)61-2)62-33-10-19-54(59)57-32-11-31-56-30-9-17-49-47-14-5-3-12-43(47)34-44-13-4-6-15-48(44)49/h3-8,12-16,18,20-29,34-35,38,56H,9-11,17,19,30-33,36-37H2,1-2H3,(H,57,59). The molecular formula is C55H55N3O5. The van der Waals surface area contributed by atoms with Crippen molar-refractivity contribution in [3.8, 4) is 22.6 Å². The maximum atomic E-state index is 14.2. The quantitative estimate of drug-likeness (QED) is 0.0587. The third-order valence-corrected chi connectivity index (χ3v) is 11.7. The second kappa shape index (κ2) is 20.8. The van der Waals surface area contributed by atoms with E-state index in [0.29, 0.717) is 56.1 Å². The molecule has 0 bridgehead atoms. The van der Waals surface area contributed by atoms with E-state index in [1.54, 1.807) is 13.4 Å². The summed E-state index contributed by atoms with van der Waals surface area (Å²) in [6, 6.07) is 49.2. The van der Waals surface area contributed by atoms with Gasteiger partial charge in [-0.15, -0.1) is 0 Å². The zero-order chi connectivity index (χ0) is 43.4. The van der Waals surface area contributed by atoms with Crippen molar-refractivity contribution in [2.24, 2.45) is 0 Å². The van der Waals surface area contributed by atoms with Crippen LogP contribution in [0.4, 0.5) is 0 Å². The van der Waals surface area contributed by atoms with Crippen LogP contribution in [0.1, 0.15) is 58.3 Å². The number of nitrogens with one attached hydrogen (secondary N) is 2. The fraction of sp³-hybridized carbons (Fsp3) is 0.236. The molecule has 63 heavy (non-hydrogen) atoms. The first-order valence-electron chi connectivity index (χ1n) is 22.0. The van der Waals surface area contributed by atoms with E-state index in [1.165, 1.54) is 27.1 Å². The Bertz CT molecular complexity index is 2740. The van der Waals surface area contributed by atoms with Gasteiger partial charge >= 0.3 is 0 Å². The number of para-hydroxylation sites is 1. The third kappa shape index (κ3) is 10.8. The highest BCUT2D eigenvalue weighted by molar-refractivity contribution is 6.02. The van der Waals surface area contributed by atoms with Gasteiger partial charge in [0.15, 0.2) is 0 Å². The van der Waals surface area contributed by atoms with E-state index >= 15 is 0 Å². The molecule has 0 saturated carbocycles. The molecule has 0 atom stereocenters. The van der Waals surface area contributed by atoms with Crippen LogP contribution in [0.3, 0.4) is 0 Å². The second-order valence-corrected chi connectivity index (χ2v) is 16.1. The molecule has 0 fully saturated rings. The fourth-order valence-electron chi connectivity index (χ4n) is 8.29. The number of fused-ring (bicyclic) bond motifs is 3. The van der Waals surface area contributed by atoms with Crippen LogP contribution in [0.15, 0.2) is 156 Å². The summed E-state index contributed by atoms with van der Waals surface area (Å²) in [7, 11) is 1.63. The average molecular weight is 838 g/mol. The van der Waals surface area contributed by atoms with Crippen LogP contribution in [0.25, 0.3) is 43.6 Å². The van der Waals surface area contributed by atoms with E-state index in [0.717, 1.165) is 71.1 Å². The molecule has 0 saturated heterocycles. The molecule has 0 aliphatic rings. The highest BCUT2D eigenvalue weighted by Gasteiger charge is 2.20. The Hall–Kier alpha value is -6.90. The molecule has 2 amide bonds. The normalized spacial score (nSPS) is 11.3. The number of ether oxygens (including phenoxy) is 2. The number of aryl methyl sites for hydroxylation is 2. The predicted molar refractivity (Wildman–Crippen MR) is 254 cm³/mol. The van der Waals surface area contributed by atoms with Gasteiger partial charge in [0.2, 0.25) is 5.91 Å². The van der Waals surface area contributed by atoms with E-state index in [1.807, 2.05) is 71.6 Å². The number of methoxy groups -OCH3 is 1. The number of hydrogen-bond donors (Lipinski definition) is 2. The molecular weight excluding hydrogens is 783 g/mol. The molecule has 0 radical (unpaired) electrons. The SMILES string of the molecule is COc1cc(OCCCC(=O)NCCCNCCCc2c3ccccc3cc3ccccc23)ccc1CN(Cc1ccc(C)cc1)C(=O)c1ccc(-c2coc3ccccc23)cc1. The number of carbonyl (C=O) groups excluding carboxylic acids is 2. The Morgan fingerprint density at radius 3 is 2.13 bits per heavy atom. The number of nitrogens with zero attached hydrogens (tertiary/aromatic N) is 1. The number of amides is 2. The number of carbonyl (C=O) groups is 2. The molecule has 1 heterocycles. The van der Waals surface area contributed by atoms with Crippen LogP contribution in [-0.2, 0) is 24.3 Å². The van der Waals surface area contributed by atoms with Gasteiger partial charge in [0.25, 0.3) is 5.91 Å². The van der Waals surface area contributed by atoms with Crippen LogP contribution in [0.5, 0.6) is 11.5 Å². The van der Waals surface area contributed by atoms with Gasteiger partial charge in [-0.1, -0.05) is 109 Å². The minimum absolute atomic E-state index is 0.0253. The van der Waals surface area contributed by atoms with Crippen molar-refractivity contribution in [3.05, 3.63) is 180 Å². The Kier molecular flexibility index (Phi) is 14.1. The molecule has 8 rings (SSSR count). The van der Waals surface area contributed by atoms with Gasteiger partial charge in [-0.3, -0.25) is 9.59 Å². The van der Waals surface area contributed by atoms with Crippen molar-refractivity contribution >= 4 is 44.3 Å². The molecule has 2 N–H and O–H groups in total. The van der Waals surface area contributed by atoms with Gasteiger partial charge in [-0.2, -0.15) is 0 Å². The van der Waals surface area contributed by atoms with Crippen molar-refractivity contribution in [2.75, 3.05) is 33.4 Å². The van der Waals surface area contributed by atoms with Crippen LogP contribution in [0, 0.1) is 6.92 Å². The largest absolute Gasteiger partial charge is 0.496 e. The summed E-state index contributed by atoms with van der Waals surface area (Å²) in [4.78, 5) is 28.6. The van der Waals surface area contributed by atoms with Gasteiger partial charge in [0.1, 0.15) is 17.1 Å². The minimum atomic E-state index is -0.0854. The summed E-state index contributed by atoms with van der Waals surface area (Å²) < 4.78 is 17.6. The Morgan fingerprint density at radius 1 is 0.683 bits per heavy atom. The molecule has 0 aliphatic heterocycles. The zero-order valence-electron chi connectivity index (χ0n) is 36.2. The summed E-state index contributed by atoms with van der Waals surface area (Å²) in [5.41, 5.74) is 7.87. The molecule has 320 valence electrons. The first-order chi connectivity index (χ1) is 30.9. The van der Waals surface area contributed by atoms with E-state index < -0.39 is 0 Å².